The summed E-state index contributed by atoms with van der Waals surface area (Å²) in [6.07, 6.45) is 1.57. The smallest absolute Gasteiger partial charge is 0.272 e. The first-order valence-corrected chi connectivity index (χ1v) is 10.5. The SMILES string of the molecule is CC(C)c1cc(C(=O)N2CCC[C@H](c3nc4ccc(F)cc4cc3C(N)=O)C2)n(C)n1. The Morgan fingerprint density at radius 1 is 1.23 bits per heavy atom. The Kier molecular flexibility index (Phi) is 5.47. The van der Waals surface area contributed by atoms with Crippen LogP contribution < -0.4 is 5.73 Å². The second-order valence-electron chi connectivity index (χ2n) is 8.45. The van der Waals surface area contributed by atoms with Crippen molar-refractivity contribution in [2.45, 2.75) is 38.5 Å². The first-order chi connectivity index (χ1) is 14.7. The molecule has 1 aliphatic rings. The maximum Gasteiger partial charge on any atom is 0.272 e. The van der Waals surface area contributed by atoms with Crippen molar-refractivity contribution in [1.29, 1.82) is 0 Å². The highest BCUT2D eigenvalue weighted by molar-refractivity contribution is 5.98. The third-order valence-corrected chi connectivity index (χ3v) is 5.88. The highest BCUT2D eigenvalue weighted by Crippen LogP contribution is 2.31. The van der Waals surface area contributed by atoms with Gasteiger partial charge in [0.05, 0.1) is 22.5 Å². The molecule has 3 aromatic rings. The van der Waals surface area contributed by atoms with Gasteiger partial charge in [0.15, 0.2) is 0 Å². The fraction of sp³-hybridized carbons (Fsp3) is 0.391. The molecule has 1 fully saturated rings. The van der Waals surface area contributed by atoms with Crippen LogP contribution in [0.25, 0.3) is 10.9 Å². The molecule has 7 nitrogen and oxygen atoms in total. The fourth-order valence-electron chi connectivity index (χ4n) is 4.19. The maximum atomic E-state index is 13.6. The average molecular weight is 423 g/mol. The predicted octanol–water partition coefficient (Wildman–Crippen LogP) is 3.35. The van der Waals surface area contributed by atoms with Crippen molar-refractivity contribution >= 4 is 22.7 Å². The first kappa shape index (κ1) is 21.0. The molecule has 0 bridgehead atoms. The van der Waals surface area contributed by atoms with Gasteiger partial charge in [-0.3, -0.25) is 19.3 Å². The third kappa shape index (κ3) is 4.02. The Balaban J connectivity index is 1.66. The molecule has 1 aromatic carbocycles. The largest absolute Gasteiger partial charge is 0.366 e. The van der Waals surface area contributed by atoms with Gasteiger partial charge in [0.25, 0.3) is 11.8 Å². The number of hydrogen-bond acceptors (Lipinski definition) is 4. The first-order valence-electron chi connectivity index (χ1n) is 10.5. The number of rotatable bonds is 4. The molecular weight excluding hydrogens is 397 g/mol. The normalized spacial score (nSPS) is 16.8. The molecule has 0 unspecified atom stereocenters. The summed E-state index contributed by atoms with van der Waals surface area (Å²) in [6, 6.07) is 7.71. The lowest BCUT2D eigenvalue weighted by molar-refractivity contribution is 0.0694. The molecule has 0 saturated carbocycles. The highest BCUT2D eigenvalue weighted by Gasteiger charge is 2.30. The van der Waals surface area contributed by atoms with Crippen molar-refractivity contribution in [2.75, 3.05) is 13.1 Å². The van der Waals surface area contributed by atoms with Gasteiger partial charge >= 0.3 is 0 Å². The monoisotopic (exact) mass is 423 g/mol. The van der Waals surface area contributed by atoms with Gasteiger partial charge in [-0.1, -0.05) is 13.8 Å². The van der Waals surface area contributed by atoms with Crippen LogP contribution in [0.2, 0.25) is 0 Å². The molecule has 3 heterocycles. The molecule has 1 atom stereocenters. The van der Waals surface area contributed by atoms with Gasteiger partial charge in [0.2, 0.25) is 0 Å². The minimum atomic E-state index is -0.606. The Morgan fingerprint density at radius 2 is 2.00 bits per heavy atom. The number of likely N-dealkylation sites (tertiary alicyclic amines) is 1. The zero-order chi connectivity index (χ0) is 22.3. The van der Waals surface area contributed by atoms with Crippen LogP contribution in [0.4, 0.5) is 4.39 Å². The van der Waals surface area contributed by atoms with E-state index < -0.39 is 11.7 Å². The van der Waals surface area contributed by atoms with Crippen molar-refractivity contribution in [3.63, 3.8) is 0 Å². The van der Waals surface area contributed by atoms with Crippen molar-refractivity contribution in [3.05, 3.63) is 58.8 Å². The third-order valence-electron chi connectivity index (χ3n) is 5.88. The highest BCUT2D eigenvalue weighted by atomic mass is 19.1. The van der Waals surface area contributed by atoms with Gasteiger partial charge in [-0.2, -0.15) is 5.10 Å². The lowest BCUT2D eigenvalue weighted by atomic mass is 9.90. The van der Waals surface area contributed by atoms with E-state index in [9.17, 15) is 14.0 Å². The number of primary amides is 1. The van der Waals surface area contributed by atoms with E-state index in [1.165, 1.54) is 12.1 Å². The van der Waals surface area contributed by atoms with Crippen LogP contribution in [0.15, 0.2) is 30.3 Å². The summed E-state index contributed by atoms with van der Waals surface area (Å²) in [5, 5.41) is 4.97. The maximum absolute atomic E-state index is 13.6. The lowest BCUT2D eigenvalue weighted by Crippen LogP contribution is -2.40. The minimum Gasteiger partial charge on any atom is -0.366 e. The molecule has 1 saturated heterocycles. The number of aryl methyl sites for hydroxylation is 1. The van der Waals surface area contributed by atoms with E-state index in [0.29, 0.717) is 35.4 Å². The molecule has 0 spiro atoms. The minimum absolute atomic E-state index is 0.0879. The second-order valence-corrected chi connectivity index (χ2v) is 8.45. The molecule has 162 valence electrons. The van der Waals surface area contributed by atoms with Gasteiger partial charge < -0.3 is 10.6 Å². The Hall–Kier alpha value is -3.29. The van der Waals surface area contributed by atoms with Crippen LogP contribution >= 0.6 is 0 Å². The van der Waals surface area contributed by atoms with Crippen LogP contribution in [-0.2, 0) is 7.05 Å². The number of amides is 2. The van der Waals surface area contributed by atoms with E-state index >= 15 is 0 Å². The summed E-state index contributed by atoms with van der Waals surface area (Å²) >= 11 is 0. The average Bonchev–Trinajstić information content (AvgIpc) is 3.14. The van der Waals surface area contributed by atoms with E-state index in [1.807, 2.05) is 19.9 Å². The molecular formula is C23H26FN5O2. The van der Waals surface area contributed by atoms with Crippen LogP contribution in [-0.4, -0.2) is 44.6 Å². The van der Waals surface area contributed by atoms with E-state index in [4.69, 9.17) is 5.73 Å². The molecule has 1 aliphatic heterocycles. The number of carbonyl (C=O) groups is 2. The molecule has 0 radical (unpaired) electrons. The standard InChI is InChI=1S/C23H26FN5O2/c1-13(2)19-11-20(28(3)27-19)23(31)29-8-4-5-14(12-29)21-17(22(25)30)10-15-9-16(24)6-7-18(15)26-21/h6-7,9-11,13-14H,4-5,8,12H2,1-3H3,(H2,25,30)/t14-/m0/s1. The number of carbonyl (C=O) groups excluding carboxylic acids is 2. The molecule has 31 heavy (non-hydrogen) atoms. The summed E-state index contributed by atoms with van der Waals surface area (Å²) in [4.78, 5) is 31.8. The predicted molar refractivity (Wildman–Crippen MR) is 115 cm³/mol. The number of benzene rings is 1. The molecule has 8 heteroatoms. The topological polar surface area (TPSA) is 94.1 Å². The van der Waals surface area contributed by atoms with E-state index in [-0.39, 0.29) is 23.3 Å². The summed E-state index contributed by atoms with van der Waals surface area (Å²) in [7, 11) is 1.77. The Labute approximate surface area is 180 Å². The number of nitrogens with two attached hydrogens (primary N) is 1. The van der Waals surface area contributed by atoms with E-state index in [0.717, 1.165) is 18.5 Å². The number of piperidine rings is 1. The Morgan fingerprint density at radius 3 is 2.68 bits per heavy atom. The summed E-state index contributed by atoms with van der Waals surface area (Å²) < 4.78 is 15.2. The van der Waals surface area contributed by atoms with Gasteiger partial charge in [0, 0.05) is 31.4 Å². The van der Waals surface area contributed by atoms with E-state index in [2.05, 4.69) is 10.1 Å². The van der Waals surface area contributed by atoms with E-state index in [1.54, 1.807) is 28.8 Å². The van der Waals surface area contributed by atoms with Gasteiger partial charge in [-0.05, 0) is 49.1 Å². The molecule has 0 aliphatic carbocycles. The van der Waals surface area contributed by atoms with Gasteiger partial charge in [0.1, 0.15) is 11.5 Å². The summed E-state index contributed by atoms with van der Waals surface area (Å²) in [5.74, 6) is -0.997. The van der Waals surface area contributed by atoms with Crippen LogP contribution in [0.1, 0.15) is 70.8 Å². The second kappa shape index (κ2) is 8.09. The number of aromatic nitrogens is 3. The quantitative estimate of drug-likeness (QED) is 0.696. The Bertz CT molecular complexity index is 1170. The number of halogens is 1. The van der Waals surface area contributed by atoms with Crippen molar-refractivity contribution in [2.24, 2.45) is 12.8 Å². The molecule has 2 aromatic heterocycles. The number of fused-ring (bicyclic) bond motifs is 1. The zero-order valence-corrected chi connectivity index (χ0v) is 17.9. The zero-order valence-electron chi connectivity index (χ0n) is 17.9. The van der Waals surface area contributed by atoms with Crippen LogP contribution in [0.5, 0.6) is 0 Å². The van der Waals surface area contributed by atoms with Crippen LogP contribution in [0, 0.1) is 5.82 Å². The number of nitrogens with zero attached hydrogens (tertiary/aromatic N) is 4. The molecule has 2 amide bonds. The molecule has 2 N–H and O–H groups in total. The summed E-state index contributed by atoms with van der Waals surface area (Å²) in [6.45, 7) is 5.13. The number of hydrogen-bond donors (Lipinski definition) is 1. The lowest BCUT2D eigenvalue weighted by Gasteiger charge is -2.33. The van der Waals surface area contributed by atoms with Crippen molar-refractivity contribution in [3.8, 4) is 0 Å². The van der Waals surface area contributed by atoms with Gasteiger partial charge in [-0.25, -0.2) is 4.39 Å². The molecule has 4 rings (SSSR count). The fourth-order valence-corrected chi connectivity index (χ4v) is 4.19. The summed E-state index contributed by atoms with van der Waals surface area (Å²) in [5.41, 5.74) is 8.48. The van der Waals surface area contributed by atoms with Crippen LogP contribution in [0.3, 0.4) is 0 Å². The number of pyridine rings is 1. The van der Waals surface area contributed by atoms with Gasteiger partial charge in [-0.15, -0.1) is 0 Å². The van der Waals surface area contributed by atoms with Crippen molar-refractivity contribution in [1.82, 2.24) is 19.7 Å². The van der Waals surface area contributed by atoms with Crippen molar-refractivity contribution < 1.29 is 14.0 Å².